The lowest BCUT2D eigenvalue weighted by atomic mass is 9.85. The van der Waals surface area contributed by atoms with Gasteiger partial charge in [0.25, 0.3) is 0 Å². The van der Waals surface area contributed by atoms with Crippen LogP contribution in [0.5, 0.6) is 0 Å². The Morgan fingerprint density at radius 1 is 0.643 bits per heavy atom. The first-order valence-corrected chi connectivity index (χ1v) is 20.1. The molecule has 6 N–H and O–H groups in total. The van der Waals surface area contributed by atoms with Crippen molar-refractivity contribution in [3.05, 3.63) is 108 Å². The fourth-order valence-electron chi connectivity index (χ4n) is 6.37. The zero-order valence-electron chi connectivity index (χ0n) is 34.2. The van der Waals surface area contributed by atoms with E-state index in [9.17, 15) is 24.3 Å². The highest BCUT2D eigenvalue weighted by molar-refractivity contribution is 5.91. The number of amides is 4. The third-order valence-electron chi connectivity index (χ3n) is 9.71. The monoisotopic (exact) mass is 771 g/mol. The van der Waals surface area contributed by atoms with Crippen LogP contribution >= 0.6 is 0 Å². The molecule has 0 fully saturated rings. The van der Waals surface area contributed by atoms with E-state index in [1.807, 2.05) is 126 Å². The first-order chi connectivity index (χ1) is 26.8. The van der Waals surface area contributed by atoms with Crippen LogP contribution in [0.2, 0.25) is 0 Å². The van der Waals surface area contributed by atoms with Crippen LogP contribution in [0.1, 0.15) is 96.8 Å². The number of ether oxygens (including phenoxy) is 1. The third-order valence-corrected chi connectivity index (χ3v) is 9.71. The predicted octanol–water partition coefficient (Wildman–Crippen LogP) is 6.19. The van der Waals surface area contributed by atoms with Crippen LogP contribution < -0.4 is 26.6 Å². The van der Waals surface area contributed by atoms with Crippen LogP contribution in [0.3, 0.4) is 0 Å². The van der Waals surface area contributed by atoms with Gasteiger partial charge in [-0.1, -0.05) is 165 Å². The Morgan fingerprint density at radius 2 is 1.18 bits per heavy atom. The topological polar surface area (TPSA) is 158 Å². The van der Waals surface area contributed by atoms with Crippen LogP contribution in [0.15, 0.2) is 91.0 Å². The molecule has 4 amide bonds. The lowest BCUT2D eigenvalue weighted by Crippen LogP contribution is -2.63. The van der Waals surface area contributed by atoms with E-state index < -0.39 is 53.6 Å². The molecule has 5 atom stereocenters. The van der Waals surface area contributed by atoms with E-state index in [1.165, 1.54) is 6.42 Å². The van der Waals surface area contributed by atoms with Crippen molar-refractivity contribution in [2.24, 2.45) is 11.3 Å². The van der Waals surface area contributed by atoms with Gasteiger partial charge in [-0.25, -0.2) is 4.79 Å². The summed E-state index contributed by atoms with van der Waals surface area (Å²) >= 11 is 0. The molecular formula is C45H65N5O6. The molecule has 56 heavy (non-hydrogen) atoms. The number of aliphatic hydroxyl groups is 1. The number of alkyl carbamates (subject to hydrolysis) is 1. The highest BCUT2D eigenvalue weighted by Crippen LogP contribution is 2.21. The molecule has 0 saturated heterocycles. The van der Waals surface area contributed by atoms with Crippen molar-refractivity contribution in [2.45, 2.75) is 130 Å². The normalized spacial score (nSPS) is 14.1. The smallest absolute Gasteiger partial charge is 0.407 e. The van der Waals surface area contributed by atoms with Crippen LogP contribution in [-0.2, 0) is 38.6 Å². The Kier molecular flexibility index (Phi) is 19.6. The van der Waals surface area contributed by atoms with Gasteiger partial charge in [0.2, 0.25) is 17.7 Å². The third kappa shape index (κ3) is 16.2. The predicted molar refractivity (Wildman–Crippen MR) is 221 cm³/mol. The molecule has 0 aliphatic carbocycles. The van der Waals surface area contributed by atoms with E-state index in [0.717, 1.165) is 48.8 Å². The van der Waals surface area contributed by atoms with E-state index in [4.69, 9.17) is 4.74 Å². The Hall–Kier alpha value is -4.74. The van der Waals surface area contributed by atoms with E-state index >= 15 is 0 Å². The number of hydrogen-bond acceptors (Lipinski definition) is 7. The lowest BCUT2D eigenvalue weighted by Gasteiger charge is -2.35. The second kappa shape index (κ2) is 24.0. The highest BCUT2D eigenvalue weighted by atomic mass is 16.5. The average Bonchev–Trinajstić information content (AvgIpc) is 3.18. The van der Waals surface area contributed by atoms with Gasteiger partial charge in [-0.15, -0.1) is 0 Å². The van der Waals surface area contributed by atoms with Gasteiger partial charge in [0.05, 0.1) is 18.8 Å². The van der Waals surface area contributed by atoms with Crippen molar-refractivity contribution in [3.63, 3.8) is 0 Å². The average molecular weight is 772 g/mol. The molecule has 0 heterocycles. The zero-order chi connectivity index (χ0) is 40.9. The standard InChI is InChI=1S/C45H65N5O6/c1-7-8-9-10-11-21-28-56-44(55)50-40(45(4,5)6)43(54)48-36(29-33-22-15-12-16-23-33)39(51)38(46-30-34-24-17-13-18-25-34)42(53)49-37(32(2)3)41(52)47-31-35-26-19-14-20-27-35/h12-20,22-27,32,36-40,46,51H,7-11,21,28-31H2,1-6H3,(H,47,52)(H,48,54)(H,49,53)(H,50,55)/t36-,37-,38+,39+,40+/m0/s1. The highest BCUT2D eigenvalue weighted by Gasteiger charge is 2.39. The van der Waals surface area contributed by atoms with Crippen molar-refractivity contribution < 1.29 is 29.0 Å². The van der Waals surface area contributed by atoms with Gasteiger partial charge in [0.15, 0.2) is 0 Å². The SMILES string of the molecule is CCCCCCCCOC(=O)N[C@H](C(=O)N[C@@H](Cc1ccccc1)[C@@H](O)[C@@H](NCc1ccccc1)C(=O)N[C@H](C(=O)NCc1ccccc1)C(C)C)C(C)(C)C. The van der Waals surface area contributed by atoms with Crippen LogP contribution in [-0.4, -0.2) is 65.8 Å². The first kappa shape index (κ1) is 45.6. The van der Waals surface area contributed by atoms with Gasteiger partial charge in [-0.05, 0) is 40.9 Å². The van der Waals surface area contributed by atoms with Crippen molar-refractivity contribution in [1.82, 2.24) is 26.6 Å². The molecule has 0 saturated carbocycles. The van der Waals surface area contributed by atoms with E-state index in [-0.39, 0.29) is 37.9 Å². The minimum absolute atomic E-state index is 0.176. The van der Waals surface area contributed by atoms with Gasteiger partial charge < -0.3 is 31.1 Å². The maximum atomic E-state index is 14.3. The zero-order valence-corrected chi connectivity index (χ0v) is 34.2. The van der Waals surface area contributed by atoms with Crippen molar-refractivity contribution >= 4 is 23.8 Å². The summed E-state index contributed by atoms with van der Waals surface area (Å²) in [6.07, 6.45) is 4.28. The number of carbonyl (C=O) groups excluding carboxylic acids is 4. The molecule has 0 aromatic heterocycles. The number of nitrogens with one attached hydrogen (secondary N) is 5. The van der Waals surface area contributed by atoms with E-state index in [1.54, 1.807) is 0 Å². The summed E-state index contributed by atoms with van der Waals surface area (Å²) in [5, 5.41) is 27.0. The van der Waals surface area contributed by atoms with E-state index in [2.05, 4.69) is 33.5 Å². The molecule has 0 bridgehead atoms. The maximum absolute atomic E-state index is 14.3. The number of aliphatic hydroxyl groups excluding tert-OH is 1. The Balaban J connectivity index is 1.85. The molecular weight excluding hydrogens is 707 g/mol. The minimum atomic E-state index is -1.47. The number of carbonyl (C=O) groups is 4. The molecule has 11 nitrogen and oxygen atoms in total. The van der Waals surface area contributed by atoms with Gasteiger partial charge in [0.1, 0.15) is 18.1 Å². The first-order valence-electron chi connectivity index (χ1n) is 20.1. The number of benzene rings is 3. The summed E-state index contributed by atoms with van der Waals surface area (Å²) in [5.74, 6) is -1.76. The van der Waals surface area contributed by atoms with Gasteiger partial charge >= 0.3 is 6.09 Å². The van der Waals surface area contributed by atoms with Gasteiger partial charge in [-0.3, -0.25) is 19.7 Å². The number of unbranched alkanes of at least 4 members (excludes halogenated alkanes) is 5. The summed E-state index contributed by atoms with van der Waals surface area (Å²) in [5.41, 5.74) is 1.88. The summed E-state index contributed by atoms with van der Waals surface area (Å²) in [7, 11) is 0. The second-order valence-electron chi connectivity index (χ2n) is 15.9. The van der Waals surface area contributed by atoms with E-state index in [0.29, 0.717) is 0 Å². The van der Waals surface area contributed by atoms with Gasteiger partial charge in [0, 0.05) is 13.1 Å². The van der Waals surface area contributed by atoms with Crippen molar-refractivity contribution in [2.75, 3.05) is 6.61 Å². The molecule has 0 radical (unpaired) electrons. The Morgan fingerprint density at radius 3 is 1.73 bits per heavy atom. The quantitative estimate of drug-likeness (QED) is 0.0628. The molecule has 0 unspecified atom stereocenters. The lowest BCUT2D eigenvalue weighted by molar-refractivity contribution is -0.134. The molecule has 3 aromatic carbocycles. The Labute approximate surface area is 334 Å². The molecule has 0 spiro atoms. The molecule has 11 heteroatoms. The number of rotatable bonds is 23. The van der Waals surface area contributed by atoms with Crippen molar-refractivity contribution in [1.29, 1.82) is 0 Å². The molecule has 0 aliphatic rings. The molecule has 306 valence electrons. The molecule has 3 aromatic rings. The fraction of sp³-hybridized carbons (Fsp3) is 0.511. The second-order valence-corrected chi connectivity index (χ2v) is 15.9. The molecule has 3 rings (SSSR count). The van der Waals surface area contributed by atoms with Crippen LogP contribution in [0, 0.1) is 11.3 Å². The van der Waals surface area contributed by atoms with Gasteiger partial charge in [-0.2, -0.15) is 0 Å². The summed E-state index contributed by atoms with van der Waals surface area (Å²) < 4.78 is 5.46. The molecule has 0 aliphatic heterocycles. The van der Waals surface area contributed by atoms with Crippen molar-refractivity contribution in [3.8, 4) is 0 Å². The summed E-state index contributed by atoms with van der Waals surface area (Å²) in [6, 6.07) is 24.1. The largest absolute Gasteiger partial charge is 0.450 e. The van der Waals surface area contributed by atoms with Crippen LogP contribution in [0.4, 0.5) is 4.79 Å². The summed E-state index contributed by atoms with van der Waals surface area (Å²) in [6.45, 7) is 12.1. The number of hydrogen-bond donors (Lipinski definition) is 6. The fourth-order valence-corrected chi connectivity index (χ4v) is 6.37. The minimum Gasteiger partial charge on any atom is -0.450 e. The summed E-state index contributed by atoms with van der Waals surface area (Å²) in [4.78, 5) is 54.9. The Bertz CT molecular complexity index is 1600. The van der Waals surface area contributed by atoms with Crippen LogP contribution in [0.25, 0.3) is 0 Å². The maximum Gasteiger partial charge on any atom is 0.407 e.